The highest BCUT2D eigenvalue weighted by Crippen LogP contribution is 2.40. The minimum Gasteiger partial charge on any atom is -0.356 e. The van der Waals surface area contributed by atoms with Gasteiger partial charge in [0.15, 0.2) is 5.96 Å². The lowest BCUT2D eigenvalue weighted by molar-refractivity contribution is 0.681. The molecule has 1 saturated carbocycles. The Morgan fingerprint density at radius 3 is 2.65 bits per heavy atom. The first-order chi connectivity index (χ1) is 9.35. The van der Waals surface area contributed by atoms with E-state index in [-0.39, 0.29) is 24.0 Å². The molecule has 1 fully saturated rings. The van der Waals surface area contributed by atoms with E-state index < -0.39 is 0 Å². The van der Waals surface area contributed by atoms with Crippen LogP contribution in [0.4, 0.5) is 0 Å². The summed E-state index contributed by atoms with van der Waals surface area (Å²) in [4.78, 5) is 4.29. The van der Waals surface area contributed by atoms with Crippen molar-refractivity contribution >= 4 is 29.9 Å². The van der Waals surface area contributed by atoms with E-state index in [2.05, 4.69) is 52.9 Å². The lowest BCUT2D eigenvalue weighted by Crippen LogP contribution is -2.39. The van der Waals surface area contributed by atoms with Gasteiger partial charge in [0.05, 0.1) is 0 Å². The van der Waals surface area contributed by atoms with Gasteiger partial charge in [0.25, 0.3) is 0 Å². The molecular weight excluding hydrogens is 361 g/mol. The molecule has 0 aliphatic heterocycles. The zero-order valence-corrected chi connectivity index (χ0v) is 14.8. The van der Waals surface area contributed by atoms with Crippen molar-refractivity contribution in [2.75, 3.05) is 13.6 Å². The minimum absolute atomic E-state index is 0. The molecule has 1 aliphatic carbocycles. The Morgan fingerprint density at radius 2 is 2.00 bits per heavy atom. The normalized spacial score (nSPS) is 21.0. The Bertz CT molecular complexity index is 405. The van der Waals surface area contributed by atoms with Gasteiger partial charge in [-0.2, -0.15) is 0 Å². The molecule has 2 N–H and O–H groups in total. The molecule has 2 rings (SSSR count). The van der Waals surface area contributed by atoms with Crippen LogP contribution in [-0.2, 0) is 0 Å². The maximum atomic E-state index is 4.29. The number of hydrogen-bond donors (Lipinski definition) is 2. The highest BCUT2D eigenvalue weighted by Gasteiger charge is 2.38. The van der Waals surface area contributed by atoms with E-state index in [1.54, 1.807) is 0 Å². The fourth-order valence-corrected chi connectivity index (χ4v) is 2.38. The Hall–Kier alpha value is -0.780. The highest BCUT2D eigenvalue weighted by atomic mass is 127. The van der Waals surface area contributed by atoms with E-state index in [0.717, 1.165) is 12.5 Å². The summed E-state index contributed by atoms with van der Waals surface area (Å²) >= 11 is 0. The molecule has 0 bridgehead atoms. The van der Waals surface area contributed by atoms with Gasteiger partial charge in [-0.15, -0.1) is 24.0 Å². The average Bonchev–Trinajstić information content (AvgIpc) is 3.22. The topological polar surface area (TPSA) is 36.4 Å². The molecule has 20 heavy (non-hydrogen) atoms. The Balaban J connectivity index is 0.00000200. The fraction of sp³-hybridized carbons (Fsp3) is 0.562. The van der Waals surface area contributed by atoms with Crippen LogP contribution in [0.25, 0.3) is 0 Å². The molecule has 1 aliphatic rings. The third kappa shape index (κ3) is 5.31. The molecule has 0 aromatic heterocycles. The largest absolute Gasteiger partial charge is 0.356 e. The molecule has 0 saturated heterocycles. The third-order valence-corrected chi connectivity index (χ3v) is 3.64. The zero-order chi connectivity index (χ0) is 13.5. The second-order valence-electron chi connectivity index (χ2n) is 5.21. The lowest BCUT2D eigenvalue weighted by Gasteiger charge is -2.11. The van der Waals surface area contributed by atoms with Gasteiger partial charge in [0.1, 0.15) is 0 Å². The highest BCUT2D eigenvalue weighted by molar-refractivity contribution is 14.0. The smallest absolute Gasteiger partial charge is 0.191 e. The van der Waals surface area contributed by atoms with Crippen LogP contribution in [0.15, 0.2) is 35.3 Å². The van der Waals surface area contributed by atoms with E-state index in [4.69, 9.17) is 0 Å². The molecule has 1 aromatic rings. The molecular formula is C16H26IN3. The summed E-state index contributed by atoms with van der Waals surface area (Å²) in [5.74, 6) is 1.59. The van der Waals surface area contributed by atoms with E-state index in [1.165, 1.54) is 31.2 Å². The van der Waals surface area contributed by atoms with Gasteiger partial charge in [-0.1, -0.05) is 50.1 Å². The number of guanidine groups is 1. The molecule has 0 amide bonds. The summed E-state index contributed by atoms with van der Waals surface area (Å²) < 4.78 is 0. The van der Waals surface area contributed by atoms with Gasteiger partial charge in [0.2, 0.25) is 0 Å². The lowest BCUT2D eigenvalue weighted by atomic mass is 10.1. The number of benzene rings is 1. The molecule has 3 nitrogen and oxygen atoms in total. The van der Waals surface area contributed by atoms with E-state index in [9.17, 15) is 0 Å². The number of nitrogens with one attached hydrogen (secondary N) is 2. The molecule has 4 heteroatoms. The van der Waals surface area contributed by atoms with Crippen LogP contribution in [0.5, 0.6) is 0 Å². The predicted molar refractivity (Wildman–Crippen MR) is 97.0 cm³/mol. The molecule has 1 aromatic carbocycles. The molecule has 0 radical (unpaired) electrons. The third-order valence-electron chi connectivity index (χ3n) is 3.64. The van der Waals surface area contributed by atoms with Crippen LogP contribution in [0, 0.1) is 0 Å². The summed E-state index contributed by atoms with van der Waals surface area (Å²) in [6, 6.07) is 11.3. The molecule has 2 atom stereocenters. The number of hydrogen-bond acceptors (Lipinski definition) is 1. The van der Waals surface area contributed by atoms with Crippen molar-refractivity contribution in [3.63, 3.8) is 0 Å². The average molecular weight is 387 g/mol. The summed E-state index contributed by atoms with van der Waals surface area (Å²) in [6.07, 6.45) is 4.95. The SMILES string of the molecule is CCCCCNC(=NC)NC1CC1c1ccccc1.I. The number of aliphatic imine (C=N–C) groups is 1. The standard InChI is InChI=1S/C16H25N3.HI/c1-3-4-8-11-18-16(17-2)19-15-12-14(15)13-9-6-5-7-10-13;/h5-7,9-10,14-15H,3-4,8,11-12H2,1-2H3,(H2,17,18,19);1H. The van der Waals surface area contributed by atoms with Crippen LogP contribution in [-0.4, -0.2) is 25.6 Å². The number of halogens is 1. The second kappa shape index (κ2) is 9.21. The van der Waals surface area contributed by atoms with Crippen LogP contribution in [0.1, 0.15) is 44.1 Å². The van der Waals surface area contributed by atoms with Crippen molar-refractivity contribution in [1.29, 1.82) is 0 Å². The minimum atomic E-state index is 0. The van der Waals surface area contributed by atoms with Crippen molar-refractivity contribution in [1.82, 2.24) is 10.6 Å². The van der Waals surface area contributed by atoms with Crippen LogP contribution in [0.3, 0.4) is 0 Å². The monoisotopic (exact) mass is 387 g/mol. The fourth-order valence-electron chi connectivity index (χ4n) is 2.38. The first-order valence-electron chi connectivity index (χ1n) is 7.37. The van der Waals surface area contributed by atoms with Gasteiger partial charge in [-0.05, 0) is 18.4 Å². The Morgan fingerprint density at radius 1 is 1.25 bits per heavy atom. The van der Waals surface area contributed by atoms with Gasteiger partial charge in [-0.3, -0.25) is 4.99 Å². The first-order valence-corrected chi connectivity index (χ1v) is 7.37. The molecule has 2 unspecified atom stereocenters. The number of nitrogens with zero attached hydrogens (tertiary/aromatic N) is 1. The van der Waals surface area contributed by atoms with E-state index >= 15 is 0 Å². The molecule has 0 heterocycles. The zero-order valence-electron chi connectivity index (χ0n) is 12.4. The Kier molecular flexibility index (Phi) is 7.95. The second-order valence-corrected chi connectivity index (χ2v) is 5.21. The van der Waals surface area contributed by atoms with Gasteiger partial charge in [0, 0.05) is 25.6 Å². The van der Waals surface area contributed by atoms with Crippen molar-refractivity contribution in [3.8, 4) is 0 Å². The first kappa shape index (κ1) is 17.3. The summed E-state index contributed by atoms with van der Waals surface area (Å²) in [5.41, 5.74) is 1.43. The van der Waals surface area contributed by atoms with Crippen LogP contribution in [0.2, 0.25) is 0 Å². The van der Waals surface area contributed by atoms with Crippen molar-refractivity contribution in [3.05, 3.63) is 35.9 Å². The maximum Gasteiger partial charge on any atom is 0.191 e. The van der Waals surface area contributed by atoms with Gasteiger partial charge < -0.3 is 10.6 Å². The van der Waals surface area contributed by atoms with Gasteiger partial charge in [-0.25, -0.2) is 0 Å². The van der Waals surface area contributed by atoms with E-state index in [1.807, 2.05) is 7.05 Å². The van der Waals surface area contributed by atoms with Crippen molar-refractivity contribution in [2.24, 2.45) is 4.99 Å². The van der Waals surface area contributed by atoms with Gasteiger partial charge >= 0.3 is 0 Å². The maximum absolute atomic E-state index is 4.29. The molecule has 112 valence electrons. The summed E-state index contributed by atoms with van der Waals surface area (Å²) in [7, 11) is 1.84. The quantitative estimate of drug-likeness (QED) is 0.339. The van der Waals surface area contributed by atoms with Crippen molar-refractivity contribution < 1.29 is 0 Å². The summed E-state index contributed by atoms with van der Waals surface area (Å²) in [5, 5.41) is 6.89. The number of unbranched alkanes of at least 4 members (excludes halogenated alkanes) is 2. The Labute approximate surface area is 139 Å². The number of rotatable bonds is 6. The van der Waals surface area contributed by atoms with Crippen LogP contribution < -0.4 is 10.6 Å². The van der Waals surface area contributed by atoms with Crippen molar-refractivity contribution in [2.45, 2.75) is 44.6 Å². The molecule has 0 spiro atoms. The summed E-state index contributed by atoms with van der Waals surface area (Å²) in [6.45, 7) is 3.23. The predicted octanol–water partition coefficient (Wildman–Crippen LogP) is 3.52. The van der Waals surface area contributed by atoms with E-state index in [0.29, 0.717) is 12.0 Å². The van der Waals surface area contributed by atoms with Crippen LogP contribution >= 0.6 is 24.0 Å².